The van der Waals surface area contributed by atoms with Crippen LogP contribution in [0, 0.1) is 5.92 Å². The second-order valence-electron chi connectivity index (χ2n) is 6.05. The zero-order chi connectivity index (χ0) is 13.7. The molecule has 2 rings (SSSR count). The minimum atomic E-state index is -0.138. The summed E-state index contributed by atoms with van der Waals surface area (Å²) in [6, 6.07) is 0.312. The number of methoxy groups -OCH3 is 1. The summed E-state index contributed by atoms with van der Waals surface area (Å²) in [7, 11) is 1.47. The van der Waals surface area contributed by atoms with Gasteiger partial charge in [0.05, 0.1) is 7.11 Å². The molecule has 0 bridgehead atoms. The van der Waals surface area contributed by atoms with Crippen molar-refractivity contribution in [1.82, 2.24) is 10.2 Å². The molecule has 2 atom stereocenters. The first-order valence-corrected chi connectivity index (χ1v) is 7.79. The molecule has 4 heteroatoms. The molecule has 0 aromatic heterocycles. The Morgan fingerprint density at radius 1 is 1.37 bits per heavy atom. The number of hydrogen-bond donors (Lipinski definition) is 1. The fraction of sp³-hybridized carbons (Fsp3) is 0.933. The molecular weight excluding hydrogens is 240 g/mol. The minimum absolute atomic E-state index is 0.128. The van der Waals surface area contributed by atoms with Gasteiger partial charge in [0, 0.05) is 19.1 Å². The molecule has 2 aliphatic rings. The second kappa shape index (κ2) is 7.25. The van der Waals surface area contributed by atoms with Gasteiger partial charge in [-0.1, -0.05) is 19.8 Å². The molecule has 0 unspecified atom stereocenters. The maximum atomic E-state index is 11.6. The zero-order valence-corrected chi connectivity index (χ0v) is 12.4. The van der Waals surface area contributed by atoms with Crippen LogP contribution in [0.15, 0.2) is 0 Å². The van der Waals surface area contributed by atoms with Crippen molar-refractivity contribution in [1.29, 1.82) is 0 Å². The van der Waals surface area contributed by atoms with Crippen molar-refractivity contribution in [2.45, 2.75) is 57.5 Å². The van der Waals surface area contributed by atoms with E-state index in [1.165, 1.54) is 45.9 Å². The van der Waals surface area contributed by atoms with Gasteiger partial charge >= 0.3 is 5.97 Å². The summed E-state index contributed by atoms with van der Waals surface area (Å²) in [5, 5.41) is 3.45. The fourth-order valence-corrected chi connectivity index (χ4v) is 3.47. The number of rotatable bonds is 6. The van der Waals surface area contributed by atoms with E-state index in [4.69, 9.17) is 4.74 Å². The molecule has 0 aromatic carbocycles. The molecule has 19 heavy (non-hydrogen) atoms. The molecule has 2 fully saturated rings. The van der Waals surface area contributed by atoms with E-state index in [9.17, 15) is 4.79 Å². The highest BCUT2D eigenvalue weighted by Gasteiger charge is 2.28. The van der Waals surface area contributed by atoms with Crippen molar-refractivity contribution in [3.05, 3.63) is 0 Å². The molecular formula is C15H28N2O2. The van der Waals surface area contributed by atoms with Gasteiger partial charge in [0.1, 0.15) is 6.04 Å². The first-order valence-electron chi connectivity index (χ1n) is 7.79. The van der Waals surface area contributed by atoms with Gasteiger partial charge in [-0.15, -0.1) is 0 Å². The van der Waals surface area contributed by atoms with E-state index in [0.717, 1.165) is 25.3 Å². The summed E-state index contributed by atoms with van der Waals surface area (Å²) in [5.74, 6) is 0.790. The van der Waals surface area contributed by atoms with Crippen LogP contribution in [0.1, 0.15) is 45.4 Å². The van der Waals surface area contributed by atoms with Crippen molar-refractivity contribution in [3.8, 4) is 0 Å². The largest absolute Gasteiger partial charge is 0.468 e. The highest BCUT2D eigenvalue weighted by atomic mass is 16.5. The number of hydrogen-bond acceptors (Lipinski definition) is 4. The highest BCUT2D eigenvalue weighted by molar-refractivity contribution is 5.75. The molecule has 0 amide bonds. The predicted octanol–water partition coefficient (Wildman–Crippen LogP) is 1.79. The maximum Gasteiger partial charge on any atom is 0.322 e. The average Bonchev–Trinajstić information content (AvgIpc) is 3.07. The second-order valence-corrected chi connectivity index (χ2v) is 6.05. The van der Waals surface area contributed by atoms with Crippen molar-refractivity contribution in [2.75, 3.05) is 26.7 Å². The summed E-state index contributed by atoms with van der Waals surface area (Å²) in [6.07, 6.45) is 7.61. The van der Waals surface area contributed by atoms with Crippen molar-refractivity contribution < 1.29 is 9.53 Å². The number of nitrogens with one attached hydrogen (secondary N) is 1. The topological polar surface area (TPSA) is 41.6 Å². The predicted molar refractivity (Wildman–Crippen MR) is 76.0 cm³/mol. The summed E-state index contributed by atoms with van der Waals surface area (Å²) in [4.78, 5) is 14.2. The van der Waals surface area contributed by atoms with E-state index in [0.29, 0.717) is 6.04 Å². The SMILES string of the molecule is CC[C@@H](N[C@H]1CCN(CC2CCCC2)C1)C(=O)OC. The third kappa shape index (κ3) is 4.18. The Bertz CT molecular complexity index is 290. The molecule has 0 aromatic rings. The van der Waals surface area contributed by atoms with Crippen LogP contribution in [-0.2, 0) is 9.53 Å². The van der Waals surface area contributed by atoms with E-state index < -0.39 is 0 Å². The van der Waals surface area contributed by atoms with Gasteiger partial charge in [-0.05, 0) is 38.1 Å². The Morgan fingerprint density at radius 3 is 2.74 bits per heavy atom. The Balaban J connectivity index is 1.73. The molecule has 110 valence electrons. The van der Waals surface area contributed by atoms with Crippen molar-refractivity contribution in [2.24, 2.45) is 5.92 Å². The van der Waals surface area contributed by atoms with Gasteiger partial charge in [0.2, 0.25) is 0 Å². The van der Waals surface area contributed by atoms with Gasteiger partial charge in [-0.2, -0.15) is 0 Å². The molecule has 4 nitrogen and oxygen atoms in total. The molecule has 1 heterocycles. The van der Waals surface area contributed by atoms with Crippen LogP contribution >= 0.6 is 0 Å². The number of ether oxygens (including phenoxy) is 1. The van der Waals surface area contributed by atoms with Gasteiger partial charge in [-0.25, -0.2) is 0 Å². The van der Waals surface area contributed by atoms with E-state index >= 15 is 0 Å². The lowest BCUT2D eigenvalue weighted by Crippen LogP contribution is -2.45. The lowest BCUT2D eigenvalue weighted by molar-refractivity contribution is -0.143. The number of carbonyl (C=O) groups is 1. The fourth-order valence-electron chi connectivity index (χ4n) is 3.47. The number of carbonyl (C=O) groups excluding carboxylic acids is 1. The average molecular weight is 268 g/mol. The monoisotopic (exact) mass is 268 g/mol. The van der Waals surface area contributed by atoms with Gasteiger partial charge in [-0.3, -0.25) is 4.79 Å². The summed E-state index contributed by atoms with van der Waals surface area (Å²) >= 11 is 0. The minimum Gasteiger partial charge on any atom is -0.468 e. The zero-order valence-electron chi connectivity index (χ0n) is 12.4. The Morgan fingerprint density at radius 2 is 2.11 bits per heavy atom. The first kappa shape index (κ1) is 14.8. The van der Waals surface area contributed by atoms with E-state index in [-0.39, 0.29) is 12.0 Å². The summed E-state index contributed by atoms with van der Waals surface area (Å²) in [5.41, 5.74) is 0. The van der Waals surface area contributed by atoms with Crippen LogP contribution in [0.3, 0.4) is 0 Å². The molecule has 1 aliphatic heterocycles. The van der Waals surface area contributed by atoms with E-state index in [2.05, 4.69) is 10.2 Å². The quantitative estimate of drug-likeness (QED) is 0.746. The first-order chi connectivity index (χ1) is 9.22. The van der Waals surface area contributed by atoms with E-state index in [1.807, 2.05) is 6.92 Å². The number of esters is 1. The summed E-state index contributed by atoms with van der Waals surface area (Å²) < 4.78 is 4.83. The Labute approximate surface area is 116 Å². The standard InChI is InChI=1S/C15H28N2O2/c1-3-14(15(18)19-2)16-13-8-9-17(11-13)10-12-6-4-5-7-12/h12-14,16H,3-11H2,1-2H3/t13-,14+/m0/s1. The number of likely N-dealkylation sites (tertiary alicyclic amines) is 1. The lowest BCUT2D eigenvalue weighted by atomic mass is 10.1. The van der Waals surface area contributed by atoms with Crippen LogP contribution < -0.4 is 5.32 Å². The normalized spacial score (nSPS) is 26.7. The Kier molecular flexibility index (Phi) is 5.64. The Hall–Kier alpha value is -0.610. The van der Waals surface area contributed by atoms with Gasteiger partial charge in [0.15, 0.2) is 0 Å². The van der Waals surface area contributed by atoms with Crippen molar-refractivity contribution in [3.63, 3.8) is 0 Å². The van der Waals surface area contributed by atoms with E-state index in [1.54, 1.807) is 0 Å². The highest BCUT2D eigenvalue weighted by Crippen LogP contribution is 2.26. The van der Waals surface area contributed by atoms with Gasteiger partial charge in [0.25, 0.3) is 0 Å². The third-order valence-electron chi connectivity index (χ3n) is 4.59. The number of nitrogens with zero attached hydrogens (tertiary/aromatic N) is 1. The van der Waals surface area contributed by atoms with Crippen LogP contribution in [0.2, 0.25) is 0 Å². The van der Waals surface area contributed by atoms with Crippen molar-refractivity contribution >= 4 is 5.97 Å². The molecule has 1 aliphatic carbocycles. The van der Waals surface area contributed by atoms with Crippen LogP contribution in [-0.4, -0.2) is 49.7 Å². The van der Waals surface area contributed by atoms with Crippen LogP contribution in [0.25, 0.3) is 0 Å². The summed E-state index contributed by atoms with van der Waals surface area (Å²) in [6.45, 7) is 5.54. The van der Waals surface area contributed by atoms with Gasteiger partial charge < -0.3 is 15.0 Å². The lowest BCUT2D eigenvalue weighted by Gasteiger charge is -2.22. The smallest absolute Gasteiger partial charge is 0.322 e. The molecule has 0 spiro atoms. The molecule has 1 N–H and O–H groups in total. The molecule has 0 radical (unpaired) electrons. The van der Waals surface area contributed by atoms with Crippen LogP contribution in [0.5, 0.6) is 0 Å². The molecule has 1 saturated carbocycles. The maximum absolute atomic E-state index is 11.6. The molecule has 1 saturated heterocycles. The van der Waals surface area contributed by atoms with Crippen LogP contribution in [0.4, 0.5) is 0 Å². The third-order valence-corrected chi connectivity index (χ3v) is 4.59.